The van der Waals surface area contributed by atoms with Gasteiger partial charge in [-0.3, -0.25) is 4.90 Å². The molecule has 0 bridgehead atoms. The number of nitrogens with two attached hydrogens (primary N) is 1. The summed E-state index contributed by atoms with van der Waals surface area (Å²) in [5.41, 5.74) is 7.39. The first-order valence-electron chi connectivity index (χ1n) is 6.49. The Labute approximate surface area is 109 Å². The first-order valence-corrected chi connectivity index (χ1v) is 6.49. The Balaban J connectivity index is 1.95. The Morgan fingerprint density at radius 1 is 1.39 bits per heavy atom. The van der Waals surface area contributed by atoms with Crippen LogP contribution in [0.4, 0.5) is 0 Å². The molecule has 1 heterocycles. The number of hydrogen-bond donors (Lipinski definition) is 1. The summed E-state index contributed by atoms with van der Waals surface area (Å²) in [6, 6.07) is 8.02. The van der Waals surface area contributed by atoms with Gasteiger partial charge in [0, 0.05) is 32.3 Å². The van der Waals surface area contributed by atoms with Crippen molar-refractivity contribution in [3.05, 3.63) is 29.8 Å². The third-order valence-corrected chi connectivity index (χ3v) is 3.29. The molecule has 1 aliphatic rings. The maximum atomic E-state index is 6.26. The normalized spacial score (nSPS) is 19.2. The van der Waals surface area contributed by atoms with Gasteiger partial charge in [-0.25, -0.2) is 0 Å². The quantitative estimate of drug-likeness (QED) is 0.878. The highest BCUT2D eigenvalue weighted by Gasteiger charge is 2.14. The predicted molar refractivity (Wildman–Crippen MR) is 71.8 cm³/mol. The van der Waals surface area contributed by atoms with Gasteiger partial charge < -0.3 is 15.2 Å². The molecule has 1 aliphatic heterocycles. The van der Waals surface area contributed by atoms with E-state index in [1.165, 1.54) is 0 Å². The molecule has 0 aliphatic carbocycles. The fraction of sp³-hybridized carbons (Fsp3) is 0.571. The number of rotatable bonds is 4. The van der Waals surface area contributed by atoms with Crippen LogP contribution < -0.4 is 10.5 Å². The van der Waals surface area contributed by atoms with Gasteiger partial charge in [-0.2, -0.15) is 0 Å². The van der Waals surface area contributed by atoms with E-state index in [0.29, 0.717) is 0 Å². The summed E-state index contributed by atoms with van der Waals surface area (Å²) in [5.74, 6) is 0.863. The van der Waals surface area contributed by atoms with Crippen molar-refractivity contribution in [2.45, 2.75) is 12.5 Å². The maximum absolute atomic E-state index is 6.26. The zero-order valence-corrected chi connectivity index (χ0v) is 11.0. The number of nitrogens with zero attached hydrogens (tertiary/aromatic N) is 1. The van der Waals surface area contributed by atoms with E-state index in [9.17, 15) is 0 Å². The van der Waals surface area contributed by atoms with E-state index < -0.39 is 0 Å². The zero-order chi connectivity index (χ0) is 12.8. The van der Waals surface area contributed by atoms with Crippen LogP contribution in [0.5, 0.6) is 5.75 Å². The number of benzene rings is 1. The molecule has 1 aromatic carbocycles. The number of ether oxygens (including phenoxy) is 2. The third-order valence-electron chi connectivity index (χ3n) is 3.29. The van der Waals surface area contributed by atoms with Gasteiger partial charge in [-0.1, -0.05) is 12.1 Å². The molecule has 1 atom stereocenters. The van der Waals surface area contributed by atoms with Gasteiger partial charge in [0.25, 0.3) is 0 Å². The minimum atomic E-state index is 0.0261. The van der Waals surface area contributed by atoms with Crippen molar-refractivity contribution >= 4 is 0 Å². The topological polar surface area (TPSA) is 47.7 Å². The van der Waals surface area contributed by atoms with Crippen molar-refractivity contribution in [2.24, 2.45) is 5.73 Å². The van der Waals surface area contributed by atoms with Crippen molar-refractivity contribution in [3.63, 3.8) is 0 Å². The Bertz CT molecular complexity index is 363. The molecule has 1 saturated heterocycles. The minimum absolute atomic E-state index is 0.0261. The van der Waals surface area contributed by atoms with Gasteiger partial charge in [-0.15, -0.1) is 0 Å². The second-order valence-electron chi connectivity index (χ2n) is 4.65. The standard InChI is InChI=1S/C14H22N2O2/c1-17-13-5-2-4-12(10-13)14(15)11-16-6-3-8-18-9-7-16/h2,4-5,10,14H,3,6-9,11,15H2,1H3. The van der Waals surface area contributed by atoms with E-state index in [1.807, 2.05) is 18.2 Å². The molecule has 1 fully saturated rings. The monoisotopic (exact) mass is 250 g/mol. The van der Waals surface area contributed by atoms with Crippen LogP contribution in [0, 0.1) is 0 Å². The summed E-state index contributed by atoms with van der Waals surface area (Å²) in [4.78, 5) is 2.37. The summed E-state index contributed by atoms with van der Waals surface area (Å²) in [6.45, 7) is 4.58. The Morgan fingerprint density at radius 2 is 2.28 bits per heavy atom. The molecule has 2 N–H and O–H groups in total. The average Bonchev–Trinajstić information content (AvgIpc) is 2.67. The van der Waals surface area contributed by atoms with Crippen molar-refractivity contribution in [3.8, 4) is 5.75 Å². The van der Waals surface area contributed by atoms with Gasteiger partial charge in [-0.05, 0) is 24.1 Å². The number of methoxy groups -OCH3 is 1. The smallest absolute Gasteiger partial charge is 0.119 e. The molecule has 4 nitrogen and oxygen atoms in total. The van der Waals surface area contributed by atoms with E-state index >= 15 is 0 Å². The highest BCUT2D eigenvalue weighted by atomic mass is 16.5. The molecular formula is C14H22N2O2. The molecule has 0 amide bonds. The lowest BCUT2D eigenvalue weighted by atomic mass is 10.1. The Kier molecular flexibility index (Phi) is 4.99. The predicted octanol–water partition coefficient (Wildman–Crippen LogP) is 1.42. The van der Waals surface area contributed by atoms with Crippen molar-refractivity contribution in [2.75, 3.05) is 40.0 Å². The molecule has 2 rings (SSSR count). The van der Waals surface area contributed by atoms with Crippen LogP contribution in [0.15, 0.2) is 24.3 Å². The molecule has 0 saturated carbocycles. The van der Waals surface area contributed by atoms with Crippen LogP contribution in [0.3, 0.4) is 0 Å². The SMILES string of the molecule is COc1cccc(C(N)CN2CCCOCC2)c1. The molecule has 0 spiro atoms. The van der Waals surface area contributed by atoms with Gasteiger partial charge >= 0.3 is 0 Å². The molecule has 18 heavy (non-hydrogen) atoms. The van der Waals surface area contributed by atoms with Crippen LogP contribution in [-0.4, -0.2) is 44.9 Å². The molecule has 0 radical (unpaired) electrons. The lowest BCUT2D eigenvalue weighted by molar-refractivity contribution is 0.140. The van der Waals surface area contributed by atoms with Crippen molar-refractivity contribution < 1.29 is 9.47 Å². The fourth-order valence-electron chi connectivity index (χ4n) is 2.24. The summed E-state index contributed by atoms with van der Waals surface area (Å²) in [6.07, 6.45) is 1.09. The van der Waals surface area contributed by atoms with Crippen LogP contribution in [0.2, 0.25) is 0 Å². The molecule has 1 aromatic rings. The van der Waals surface area contributed by atoms with Crippen LogP contribution in [0.1, 0.15) is 18.0 Å². The molecular weight excluding hydrogens is 228 g/mol. The van der Waals surface area contributed by atoms with Crippen molar-refractivity contribution in [1.29, 1.82) is 0 Å². The first-order chi connectivity index (χ1) is 8.79. The molecule has 100 valence electrons. The van der Waals surface area contributed by atoms with E-state index in [2.05, 4.69) is 11.0 Å². The van der Waals surface area contributed by atoms with E-state index in [-0.39, 0.29) is 6.04 Å². The second kappa shape index (κ2) is 6.73. The van der Waals surface area contributed by atoms with Crippen LogP contribution in [-0.2, 0) is 4.74 Å². The van der Waals surface area contributed by atoms with Crippen molar-refractivity contribution in [1.82, 2.24) is 4.90 Å². The molecule has 4 heteroatoms. The zero-order valence-electron chi connectivity index (χ0n) is 11.0. The lowest BCUT2D eigenvalue weighted by Crippen LogP contribution is -2.34. The largest absolute Gasteiger partial charge is 0.497 e. The molecule has 0 aromatic heterocycles. The average molecular weight is 250 g/mol. The summed E-state index contributed by atoms with van der Waals surface area (Å²) in [5, 5.41) is 0. The summed E-state index contributed by atoms with van der Waals surface area (Å²) < 4.78 is 10.7. The summed E-state index contributed by atoms with van der Waals surface area (Å²) in [7, 11) is 1.68. The Morgan fingerprint density at radius 3 is 3.11 bits per heavy atom. The van der Waals surface area contributed by atoms with E-state index in [0.717, 1.165) is 50.6 Å². The number of hydrogen-bond acceptors (Lipinski definition) is 4. The highest BCUT2D eigenvalue weighted by Crippen LogP contribution is 2.18. The fourth-order valence-corrected chi connectivity index (χ4v) is 2.24. The van der Waals surface area contributed by atoms with Crippen LogP contribution in [0.25, 0.3) is 0 Å². The Hall–Kier alpha value is -1.10. The van der Waals surface area contributed by atoms with Gasteiger partial charge in [0.05, 0.1) is 13.7 Å². The third kappa shape index (κ3) is 3.70. The van der Waals surface area contributed by atoms with E-state index in [4.69, 9.17) is 15.2 Å². The summed E-state index contributed by atoms with van der Waals surface area (Å²) >= 11 is 0. The molecule has 1 unspecified atom stereocenters. The second-order valence-corrected chi connectivity index (χ2v) is 4.65. The maximum Gasteiger partial charge on any atom is 0.119 e. The first kappa shape index (κ1) is 13.3. The minimum Gasteiger partial charge on any atom is -0.497 e. The highest BCUT2D eigenvalue weighted by molar-refractivity contribution is 5.30. The van der Waals surface area contributed by atoms with Gasteiger partial charge in [0.2, 0.25) is 0 Å². The van der Waals surface area contributed by atoms with Gasteiger partial charge in [0.1, 0.15) is 5.75 Å². The van der Waals surface area contributed by atoms with E-state index in [1.54, 1.807) is 7.11 Å². The van der Waals surface area contributed by atoms with Crippen LogP contribution >= 0.6 is 0 Å². The van der Waals surface area contributed by atoms with Gasteiger partial charge in [0.15, 0.2) is 0 Å². The lowest BCUT2D eigenvalue weighted by Gasteiger charge is -2.23.